The van der Waals surface area contributed by atoms with Crippen molar-refractivity contribution in [2.75, 3.05) is 32.2 Å². The summed E-state index contributed by atoms with van der Waals surface area (Å²) in [6.07, 6.45) is 0.904. The lowest BCUT2D eigenvalue weighted by molar-refractivity contribution is -0.130. The third kappa shape index (κ3) is 3.45. The number of ether oxygens (including phenoxy) is 1. The number of hydrogen-bond acceptors (Lipinski definition) is 4. The van der Waals surface area contributed by atoms with Crippen molar-refractivity contribution in [3.63, 3.8) is 0 Å². The number of hydrogen-bond donors (Lipinski definition) is 1. The zero-order valence-corrected chi connectivity index (χ0v) is 17.1. The van der Waals surface area contributed by atoms with E-state index < -0.39 is 0 Å². The fourth-order valence-corrected chi connectivity index (χ4v) is 4.70. The number of anilines is 1. The van der Waals surface area contributed by atoms with Crippen LogP contribution >= 0.6 is 0 Å². The third-order valence-electron chi connectivity index (χ3n) is 6.20. The quantitative estimate of drug-likeness (QED) is 0.802. The molecule has 4 rings (SSSR count). The van der Waals surface area contributed by atoms with Crippen molar-refractivity contribution in [3.8, 4) is 17.6 Å². The molecule has 0 radical (unpaired) electrons. The van der Waals surface area contributed by atoms with Crippen molar-refractivity contribution in [1.82, 2.24) is 4.90 Å². The molecule has 0 spiro atoms. The molecule has 1 saturated heterocycles. The number of carbonyl (C=O) groups is 1. The number of nitrogens with zero attached hydrogens (tertiary/aromatic N) is 2. The first-order valence-corrected chi connectivity index (χ1v) is 9.94. The number of carbonyl (C=O) groups excluding carboxylic acids is 1. The summed E-state index contributed by atoms with van der Waals surface area (Å²) < 4.78 is 5.19. The number of likely N-dealkylation sites (N-methyl/N-ethyl adjacent to an activating group) is 1. The molecule has 1 amide bonds. The Kier molecular flexibility index (Phi) is 5.21. The molecule has 2 aliphatic rings. The number of rotatable bonds is 2. The van der Waals surface area contributed by atoms with Crippen molar-refractivity contribution in [1.29, 1.82) is 0 Å². The molecule has 0 bridgehead atoms. The second-order valence-electron chi connectivity index (χ2n) is 7.72. The van der Waals surface area contributed by atoms with E-state index >= 15 is 0 Å². The van der Waals surface area contributed by atoms with Crippen LogP contribution in [0.15, 0.2) is 42.5 Å². The molecule has 0 unspecified atom stereocenters. The van der Waals surface area contributed by atoms with Gasteiger partial charge in [-0.15, -0.1) is 0 Å². The largest absolute Gasteiger partial charge is 0.497 e. The Labute approximate surface area is 171 Å². The van der Waals surface area contributed by atoms with Crippen LogP contribution < -0.4 is 9.64 Å². The SMILES string of the molecule is COc1ccc(C#Cc2ccc3c(c2)[C@H]2[C@H](CCN2C(C)=O)[C@@H](CO)N3C)cc1. The van der Waals surface area contributed by atoms with E-state index in [9.17, 15) is 9.90 Å². The van der Waals surface area contributed by atoms with Gasteiger partial charge in [0.15, 0.2) is 0 Å². The van der Waals surface area contributed by atoms with E-state index in [0.717, 1.165) is 41.1 Å². The first-order valence-electron chi connectivity index (χ1n) is 9.94. The lowest BCUT2D eigenvalue weighted by Crippen LogP contribution is -2.48. The summed E-state index contributed by atoms with van der Waals surface area (Å²) in [5, 5.41) is 9.98. The summed E-state index contributed by atoms with van der Waals surface area (Å²) in [4.78, 5) is 16.3. The molecule has 5 nitrogen and oxygen atoms in total. The summed E-state index contributed by atoms with van der Waals surface area (Å²) in [5.74, 6) is 7.57. The Morgan fingerprint density at radius 2 is 1.86 bits per heavy atom. The third-order valence-corrected chi connectivity index (χ3v) is 6.20. The van der Waals surface area contributed by atoms with Crippen LogP contribution in [0.2, 0.25) is 0 Å². The molecule has 150 valence electrons. The summed E-state index contributed by atoms with van der Waals surface area (Å²) in [5.41, 5.74) is 4.03. The molecule has 2 aliphatic heterocycles. The average molecular weight is 390 g/mol. The first-order chi connectivity index (χ1) is 14.0. The van der Waals surface area contributed by atoms with Crippen molar-refractivity contribution in [2.24, 2.45) is 5.92 Å². The van der Waals surface area contributed by atoms with Gasteiger partial charge in [-0.3, -0.25) is 4.79 Å². The van der Waals surface area contributed by atoms with E-state index in [-0.39, 0.29) is 30.5 Å². The monoisotopic (exact) mass is 390 g/mol. The highest BCUT2D eigenvalue weighted by Crippen LogP contribution is 2.48. The van der Waals surface area contributed by atoms with Crippen LogP contribution in [0.4, 0.5) is 5.69 Å². The van der Waals surface area contributed by atoms with Gasteiger partial charge in [0.25, 0.3) is 0 Å². The van der Waals surface area contributed by atoms with Crippen LogP contribution in [0.25, 0.3) is 0 Å². The molecule has 2 aromatic carbocycles. The summed E-state index contributed by atoms with van der Waals surface area (Å²) in [7, 11) is 3.67. The lowest BCUT2D eigenvalue weighted by atomic mass is 9.81. The van der Waals surface area contributed by atoms with Gasteiger partial charge in [-0.2, -0.15) is 0 Å². The summed E-state index contributed by atoms with van der Waals surface area (Å²) in [6.45, 7) is 2.44. The van der Waals surface area contributed by atoms with E-state index in [1.54, 1.807) is 14.0 Å². The van der Waals surface area contributed by atoms with Gasteiger partial charge in [0, 0.05) is 43.2 Å². The minimum Gasteiger partial charge on any atom is -0.497 e. The molecule has 2 heterocycles. The number of fused-ring (bicyclic) bond motifs is 3. The van der Waals surface area contributed by atoms with Gasteiger partial charge in [0.05, 0.1) is 25.8 Å². The standard InChI is InChI=1S/C24H26N2O3/c1-16(28)26-13-12-20-23(15-27)25(2)22-11-8-18(14-21(22)24(20)26)5-4-17-6-9-19(29-3)10-7-17/h6-11,14,20,23-24,27H,12-13,15H2,1-3H3/t20-,23-,24-/m1/s1. The van der Waals surface area contributed by atoms with E-state index in [1.807, 2.05) is 42.3 Å². The molecular formula is C24H26N2O3. The van der Waals surface area contributed by atoms with Crippen LogP contribution in [0.3, 0.4) is 0 Å². The van der Waals surface area contributed by atoms with Gasteiger partial charge in [-0.1, -0.05) is 11.8 Å². The summed E-state index contributed by atoms with van der Waals surface area (Å²) in [6, 6.07) is 13.9. The maximum atomic E-state index is 12.2. The van der Waals surface area contributed by atoms with E-state index in [0.29, 0.717) is 0 Å². The zero-order chi connectivity index (χ0) is 20.5. The molecule has 1 N–H and O–H groups in total. The number of aliphatic hydroxyl groups is 1. The fourth-order valence-electron chi connectivity index (χ4n) is 4.70. The van der Waals surface area contributed by atoms with Crippen molar-refractivity contribution < 1.29 is 14.6 Å². The molecule has 3 atom stereocenters. The molecule has 0 saturated carbocycles. The molecular weight excluding hydrogens is 364 g/mol. The Balaban J connectivity index is 1.71. The minimum atomic E-state index is -0.00131. The van der Waals surface area contributed by atoms with E-state index in [4.69, 9.17) is 4.74 Å². The van der Waals surface area contributed by atoms with Gasteiger partial charge in [-0.25, -0.2) is 0 Å². The second kappa shape index (κ2) is 7.81. The van der Waals surface area contributed by atoms with Crippen LogP contribution in [0.1, 0.15) is 36.1 Å². The van der Waals surface area contributed by atoms with E-state index in [2.05, 4.69) is 28.9 Å². The number of likely N-dealkylation sites (tertiary alicyclic amines) is 1. The Bertz CT molecular complexity index is 974. The van der Waals surface area contributed by atoms with Crippen molar-refractivity contribution in [3.05, 3.63) is 59.2 Å². The molecule has 29 heavy (non-hydrogen) atoms. The predicted octanol–water partition coefficient (Wildman–Crippen LogP) is 2.82. The van der Waals surface area contributed by atoms with Gasteiger partial charge in [0.2, 0.25) is 5.91 Å². The maximum Gasteiger partial charge on any atom is 0.219 e. The highest BCUT2D eigenvalue weighted by atomic mass is 16.5. The highest BCUT2D eigenvalue weighted by molar-refractivity contribution is 5.75. The molecule has 1 fully saturated rings. The van der Waals surface area contributed by atoms with Gasteiger partial charge in [-0.05, 0) is 54.4 Å². The maximum absolute atomic E-state index is 12.2. The normalized spacial score (nSPS) is 22.4. The molecule has 0 aliphatic carbocycles. The van der Waals surface area contributed by atoms with Gasteiger partial charge >= 0.3 is 0 Å². The van der Waals surface area contributed by atoms with Crippen LogP contribution in [0.5, 0.6) is 5.75 Å². The Hall–Kier alpha value is -2.97. The number of methoxy groups -OCH3 is 1. The molecule has 5 heteroatoms. The van der Waals surface area contributed by atoms with Crippen molar-refractivity contribution >= 4 is 11.6 Å². The second-order valence-corrected chi connectivity index (χ2v) is 7.72. The summed E-state index contributed by atoms with van der Waals surface area (Å²) >= 11 is 0. The topological polar surface area (TPSA) is 53.0 Å². The Morgan fingerprint density at radius 1 is 1.17 bits per heavy atom. The molecule has 2 aromatic rings. The average Bonchev–Trinajstić information content (AvgIpc) is 3.18. The van der Waals surface area contributed by atoms with Crippen LogP contribution in [0, 0.1) is 17.8 Å². The number of benzene rings is 2. The fraction of sp³-hybridized carbons (Fsp3) is 0.375. The van der Waals surface area contributed by atoms with Crippen LogP contribution in [-0.2, 0) is 4.79 Å². The molecule has 0 aromatic heterocycles. The lowest BCUT2D eigenvalue weighted by Gasteiger charge is -2.44. The zero-order valence-electron chi connectivity index (χ0n) is 17.1. The van der Waals surface area contributed by atoms with Crippen LogP contribution in [-0.4, -0.2) is 49.3 Å². The number of aliphatic hydroxyl groups excluding tert-OH is 1. The predicted molar refractivity (Wildman–Crippen MR) is 113 cm³/mol. The van der Waals surface area contributed by atoms with Crippen molar-refractivity contribution in [2.45, 2.75) is 25.4 Å². The number of amides is 1. The Morgan fingerprint density at radius 3 is 2.52 bits per heavy atom. The smallest absolute Gasteiger partial charge is 0.219 e. The van der Waals surface area contributed by atoms with E-state index in [1.165, 1.54) is 0 Å². The van der Waals surface area contributed by atoms with Gasteiger partial charge < -0.3 is 19.6 Å². The van der Waals surface area contributed by atoms with Gasteiger partial charge in [0.1, 0.15) is 5.75 Å². The first kappa shape index (κ1) is 19.4. The highest BCUT2D eigenvalue weighted by Gasteiger charge is 2.46. The minimum absolute atomic E-state index is 0.00131.